The lowest BCUT2D eigenvalue weighted by molar-refractivity contribution is -0.150. The number of carboxylic acid groups (broad SMARTS) is 1. The highest BCUT2D eigenvalue weighted by Gasteiger charge is 2.54. The van der Waals surface area contributed by atoms with E-state index < -0.39 is 35.3 Å². The number of nitrogens with two attached hydrogens (primary N) is 1. The van der Waals surface area contributed by atoms with E-state index in [9.17, 15) is 24.3 Å². The number of aliphatic carboxylic acids is 1. The quantitative estimate of drug-likeness (QED) is 0.290. The normalized spacial score (nSPS) is 20.5. The second-order valence-electron chi connectivity index (χ2n) is 6.45. The number of amides is 3. The summed E-state index contributed by atoms with van der Waals surface area (Å²) in [7, 11) is 0. The Hall–Kier alpha value is -3.54. The summed E-state index contributed by atoms with van der Waals surface area (Å²) in [6, 6.07) is 7.66. The lowest BCUT2D eigenvalue weighted by Crippen LogP contribution is -2.71. The molecule has 0 spiro atoms. The molecule has 164 valence electrons. The van der Waals surface area contributed by atoms with Crippen LogP contribution >= 0.6 is 11.8 Å². The molecule has 2 aliphatic rings. The number of primary amides is 1. The van der Waals surface area contributed by atoms with Crippen molar-refractivity contribution in [2.45, 2.75) is 18.3 Å². The van der Waals surface area contributed by atoms with Crippen LogP contribution in [0.4, 0.5) is 4.79 Å². The first kappa shape index (κ1) is 22.2. The van der Waals surface area contributed by atoms with Crippen molar-refractivity contribution in [2.75, 3.05) is 19.0 Å². The van der Waals surface area contributed by atoms with Crippen LogP contribution in [0.3, 0.4) is 0 Å². The number of hydrogen-bond donors (Lipinski definition) is 3. The Labute approximate surface area is 181 Å². The molecule has 3 rings (SSSR count). The molecular formula is C19H20N4O7S. The van der Waals surface area contributed by atoms with E-state index in [-0.39, 0.29) is 35.9 Å². The van der Waals surface area contributed by atoms with E-state index >= 15 is 0 Å². The Balaban J connectivity index is 1.78. The summed E-state index contributed by atoms with van der Waals surface area (Å²) in [6.07, 6.45) is -1.05. The van der Waals surface area contributed by atoms with Crippen molar-refractivity contribution in [2.24, 2.45) is 10.9 Å². The molecule has 0 bridgehead atoms. The van der Waals surface area contributed by atoms with Gasteiger partial charge >= 0.3 is 12.1 Å². The van der Waals surface area contributed by atoms with Crippen molar-refractivity contribution in [1.29, 1.82) is 0 Å². The molecule has 4 N–H and O–H groups in total. The number of nitrogens with zero attached hydrogens (tertiary/aromatic N) is 2. The average Bonchev–Trinajstić information content (AvgIpc) is 2.76. The van der Waals surface area contributed by atoms with Gasteiger partial charge in [0.15, 0.2) is 5.71 Å². The van der Waals surface area contributed by atoms with Crippen LogP contribution in [0.5, 0.6) is 0 Å². The summed E-state index contributed by atoms with van der Waals surface area (Å²) >= 11 is 1.24. The Kier molecular flexibility index (Phi) is 6.80. The highest BCUT2D eigenvalue weighted by Crippen LogP contribution is 2.40. The predicted octanol–water partition coefficient (Wildman–Crippen LogP) is 0.261. The van der Waals surface area contributed by atoms with Gasteiger partial charge in [-0.15, -0.1) is 11.8 Å². The van der Waals surface area contributed by atoms with E-state index in [1.165, 1.54) is 11.8 Å². The molecular weight excluding hydrogens is 428 g/mol. The molecule has 0 radical (unpaired) electrons. The number of ether oxygens (including phenoxy) is 1. The van der Waals surface area contributed by atoms with E-state index in [0.717, 1.165) is 4.90 Å². The third-order valence-electron chi connectivity index (χ3n) is 4.47. The Bertz CT molecular complexity index is 963. The zero-order valence-corrected chi connectivity index (χ0v) is 17.3. The molecule has 2 heterocycles. The Morgan fingerprint density at radius 3 is 2.65 bits per heavy atom. The van der Waals surface area contributed by atoms with Crippen molar-refractivity contribution >= 4 is 41.4 Å². The van der Waals surface area contributed by atoms with Crippen LogP contribution in [-0.2, 0) is 24.0 Å². The highest BCUT2D eigenvalue weighted by molar-refractivity contribution is 8.00. The van der Waals surface area contributed by atoms with E-state index in [4.69, 9.17) is 10.6 Å². The molecule has 12 heteroatoms. The van der Waals surface area contributed by atoms with Gasteiger partial charge < -0.3 is 25.7 Å². The molecule has 2 aliphatic heterocycles. The van der Waals surface area contributed by atoms with Gasteiger partial charge in [0.1, 0.15) is 30.3 Å². The summed E-state index contributed by atoms with van der Waals surface area (Å²) < 4.78 is 4.68. The maximum atomic E-state index is 12.8. The van der Waals surface area contributed by atoms with Crippen LogP contribution in [0.25, 0.3) is 0 Å². The molecule has 0 unspecified atom stereocenters. The third kappa shape index (κ3) is 4.63. The molecule has 1 saturated heterocycles. The fourth-order valence-electron chi connectivity index (χ4n) is 3.11. The number of rotatable bonds is 8. The van der Waals surface area contributed by atoms with Crippen molar-refractivity contribution < 1.29 is 33.9 Å². The number of carboxylic acids is 1. The molecule has 3 amide bonds. The van der Waals surface area contributed by atoms with Crippen molar-refractivity contribution in [3.8, 4) is 0 Å². The first-order valence-electron chi connectivity index (χ1n) is 9.23. The summed E-state index contributed by atoms with van der Waals surface area (Å²) in [5, 5.41) is 15.4. The number of carbonyl (C=O) groups excluding carboxylic acids is 3. The molecule has 1 aromatic rings. The smallest absolute Gasteiger partial charge is 0.404 e. The van der Waals surface area contributed by atoms with E-state index in [0.29, 0.717) is 5.56 Å². The second-order valence-corrected chi connectivity index (χ2v) is 7.55. The summed E-state index contributed by atoms with van der Waals surface area (Å²) in [5.41, 5.74) is 5.41. The van der Waals surface area contributed by atoms with Gasteiger partial charge in [0.05, 0.1) is 0 Å². The van der Waals surface area contributed by atoms with Gasteiger partial charge in [-0.05, 0) is 6.92 Å². The molecule has 0 saturated carbocycles. The van der Waals surface area contributed by atoms with Crippen molar-refractivity contribution in [1.82, 2.24) is 10.2 Å². The first-order chi connectivity index (χ1) is 14.8. The topological polar surface area (TPSA) is 161 Å². The zero-order valence-electron chi connectivity index (χ0n) is 16.4. The number of β-lactam (4-membered cyclic amide) rings is 1. The van der Waals surface area contributed by atoms with Crippen LogP contribution in [0.2, 0.25) is 0 Å². The molecule has 1 aromatic carbocycles. The van der Waals surface area contributed by atoms with Gasteiger partial charge in [0.25, 0.3) is 11.8 Å². The summed E-state index contributed by atoms with van der Waals surface area (Å²) in [6.45, 7) is 1.63. The van der Waals surface area contributed by atoms with Crippen molar-refractivity contribution in [3.05, 3.63) is 47.2 Å². The minimum atomic E-state index is -1.34. The predicted molar refractivity (Wildman–Crippen MR) is 110 cm³/mol. The molecule has 0 aromatic heterocycles. The number of carbonyl (C=O) groups is 4. The fraction of sp³-hybridized carbons (Fsp3) is 0.316. The lowest BCUT2D eigenvalue weighted by atomic mass is 10.0. The maximum Gasteiger partial charge on any atom is 0.404 e. The van der Waals surface area contributed by atoms with E-state index in [1.54, 1.807) is 37.3 Å². The van der Waals surface area contributed by atoms with Crippen LogP contribution in [-0.4, -0.2) is 70.0 Å². The van der Waals surface area contributed by atoms with Crippen molar-refractivity contribution in [3.63, 3.8) is 0 Å². The standard InChI is InChI=1S/C19H20N4O7S/c1-2-30-22-12(10-6-4-3-5-7-10)15(24)21-13-16(25)23-14(18(26)27)11(8-29-19(20)28)9-31-17(13)23/h3-7,13,17H,2,8-9H2,1H3,(H2,20,28)(H,21,24)(H,26,27)/b22-12-/t13-,17-/m1/s1. The van der Waals surface area contributed by atoms with Gasteiger partial charge in [-0.1, -0.05) is 35.5 Å². The largest absolute Gasteiger partial charge is 0.477 e. The highest BCUT2D eigenvalue weighted by atomic mass is 32.2. The number of nitrogens with one attached hydrogen (secondary N) is 1. The molecule has 0 aliphatic carbocycles. The van der Waals surface area contributed by atoms with Gasteiger partial charge in [0.2, 0.25) is 0 Å². The number of hydrogen-bond acceptors (Lipinski definition) is 8. The van der Waals surface area contributed by atoms with Crippen LogP contribution < -0.4 is 11.1 Å². The lowest BCUT2D eigenvalue weighted by Gasteiger charge is -2.49. The Morgan fingerprint density at radius 1 is 1.32 bits per heavy atom. The molecule has 31 heavy (non-hydrogen) atoms. The zero-order chi connectivity index (χ0) is 22.5. The SMILES string of the molecule is CCO/N=C(\C(=O)N[C@@H]1C(=O)N2C(C(=O)O)=C(COC(N)=O)CS[C@H]12)c1ccccc1. The van der Waals surface area contributed by atoms with Gasteiger partial charge in [-0.3, -0.25) is 14.5 Å². The fourth-order valence-corrected chi connectivity index (χ4v) is 4.44. The van der Waals surface area contributed by atoms with Gasteiger partial charge in [-0.25, -0.2) is 9.59 Å². The van der Waals surface area contributed by atoms with Crippen LogP contribution in [0.1, 0.15) is 12.5 Å². The summed E-state index contributed by atoms with van der Waals surface area (Å²) in [4.78, 5) is 54.2. The third-order valence-corrected chi connectivity index (χ3v) is 5.81. The van der Waals surface area contributed by atoms with Gasteiger partial charge in [0, 0.05) is 16.9 Å². The maximum absolute atomic E-state index is 12.8. The number of oxime groups is 1. The van der Waals surface area contributed by atoms with E-state index in [1.807, 2.05) is 0 Å². The number of benzene rings is 1. The average molecular weight is 448 g/mol. The summed E-state index contributed by atoms with van der Waals surface area (Å²) in [5.74, 6) is -2.37. The minimum absolute atomic E-state index is 0.000873. The molecule has 1 fully saturated rings. The first-order valence-corrected chi connectivity index (χ1v) is 10.3. The molecule has 11 nitrogen and oxygen atoms in total. The Morgan fingerprint density at radius 2 is 2.03 bits per heavy atom. The second kappa shape index (κ2) is 9.51. The number of fused-ring (bicyclic) bond motifs is 1. The molecule has 2 atom stereocenters. The number of thioether (sulfide) groups is 1. The van der Waals surface area contributed by atoms with Crippen LogP contribution in [0, 0.1) is 0 Å². The van der Waals surface area contributed by atoms with Gasteiger partial charge in [-0.2, -0.15) is 0 Å². The van der Waals surface area contributed by atoms with Crippen LogP contribution in [0.15, 0.2) is 46.8 Å². The minimum Gasteiger partial charge on any atom is -0.477 e. The monoisotopic (exact) mass is 448 g/mol. The van der Waals surface area contributed by atoms with E-state index in [2.05, 4.69) is 15.2 Å².